The Bertz CT molecular complexity index is 1530. The summed E-state index contributed by atoms with van der Waals surface area (Å²) in [6, 6.07) is 20.0. The van der Waals surface area contributed by atoms with Crippen LogP contribution in [0.3, 0.4) is 0 Å². The molecule has 2 atom stereocenters. The Balaban J connectivity index is 1.31. The Morgan fingerprint density at radius 2 is 1.63 bits per heavy atom. The second-order valence-corrected chi connectivity index (χ2v) is 11.8. The number of aromatic amines is 1. The molecule has 0 unspecified atom stereocenters. The average molecular weight is 550 g/mol. The molecule has 2 fully saturated rings. The highest BCUT2D eigenvalue weighted by Crippen LogP contribution is 2.38. The summed E-state index contributed by atoms with van der Waals surface area (Å²) < 4.78 is 0. The molecule has 2 aliphatic heterocycles. The number of H-pyrrole nitrogens is 1. The number of imidazole rings is 1. The van der Waals surface area contributed by atoms with Crippen LogP contribution in [0.15, 0.2) is 60.7 Å². The van der Waals surface area contributed by atoms with E-state index in [1.165, 1.54) is 24.0 Å². The van der Waals surface area contributed by atoms with Crippen molar-refractivity contribution < 1.29 is 9.59 Å². The van der Waals surface area contributed by atoms with Gasteiger partial charge in [-0.25, -0.2) is 4.98 Å². The first-order valence-electron chi connectivity index (χ1n) is 14.8. The normalized spacial score (nSPS) is 19.5. The fraction of sp³-hybridized carbons (Fsp3) is 0.382. The first kappa shape index (κ1) is 27.2. The third-order valence-corrected chi connectivity index (χ3v) is 8.87. The van der Waals surface area contributed by atoms with Gasteiger partial charge in [-0.3, -0.25) is 19.8 Å². The van der Waals surface area contributed by atoms with E-state index < -0.39 is 5.92 Å². The van der Waals surface area contributed by atoms with Crippen LogP contribution in [0.5, 0.6) is 0 Å². The van der Waals surface area contributed by atoms with Crippen LogP contribution in [0.4, 0.5) is 5.95 Å². The number of aromatic nitrogens is 2. The van der Waals surface area contributed by atoms with Gasteiger partial charge in [0.25, 0.3) is 5.91 Å². The molecule has 7 nitrogen and oxygen atoms in total. The van der Waals surface area contributed by atoms with Gasteiger partial charge in [-0.05, 0) is 106 Å². The monoisotopic (exact) mass is 549 g/mol. The van der Waals surface area contributed by atoms with E-state index >= 15 is 0 Å². The molecule has 4 aromatic rings. The molecule has 0 spiro atoms. The molecule has 3 heterocycles. The van der Waals surface area contributed by atoms with E-state index in [4.69, 9.17) is 0 Å². The Labute approximate surface area is 242 Å². The number of nitrogens with one attached hydrogen (secondary N) is 2. The molecule has 3 aromatic carbocycles. The second-order valence-electron chi connectivity index (χ2n) is 11.8. The lowest BCUT2D eigenvalue weighted by Crippen LogP contribution is -2.46. The number of anilines is 1. The lowest BCUT2D eigenvalue weighted by molar-refractivity contribution is -0.123. The van der Waals surface area contributed by atoms with Crippen LogP contribution in [0.1, 0.15) is 69.9 Å². The van der Waals surface area contributed by atoms with Gasteiger partial charge in [0, 0.05) is 18.7 Å². The number of nitrogens with zero attached hydrogens (tertiary/aromatic N) is 3. The lowest BCUT2D eigenvalue weighted by atomic mass is 9.83. The average Bonchev–Trinajstić information content (AvgIpc) is 3.62. The summed E-state index contributed by atoms with van der Waals surface area (Å²) >= 11 is 0. The van der Waals surface area contributed by atoms with Crippen molar-refractivity contribution in [1.82, 2.24) is 19.8 Å². The number of carbonyl (C=O) groups is 2. The van der Waals surface area contributed by atoms with Crippen LogP contribution in [0.2, 0.25) is 0 Å². The van der Waals surface area contributed by atoms with Crippen LogP contribution in [-0.4, -0.2) is 51.2 Å². The molecule has 2 amide bonds. The second kappa shape index (κ2) is 11.5. The van der Waals surface area contributed by atoms with Gasteiger partial charge in [-0.1, -0.05) is 42.5 Å². The summed E-state index contributed by atoms with van der Waals surface area (Å²) in [7, 11) is 0. The van der Waals surface area contributed by atoms with E-state index in [1.807, 2.05) is 42.2 Å². The predicted octanol–water partition coefficient (Wildman–Crippen LogP) is 6.32. The molecule has 2 saturated heterocycles. The van der Waals surface area contributed by atoms with Gasteiger partial charge < -0.3 is 9.88 Å². The van der Waals surface area contributed by atoms with Crippen LogP contribution in [0, 0.1) is 26.7 Å². The van der Waals surface area contributed by atoms with Crippen molar-refractivity contribution in [1.29, 1.82) is 0 Å². The molecule has 0 bridgehead atoms. The van der Waals surface area contributed by atoms with Crippen LogP contribution in [0.25, 0.3) is 11.0 Å². The van der Waals surface area contributed by atoms with E-state index in [1.54, 1.807) is 0 Å². The quantitative estimate of drug-likeness (QED) is 0.295. The minimum absolute atomic E-state index is 0.0265. The maximum Gasteiger partial charge on any atom is 0.254 e. The summed E-state index contributed by atoms with van der Waals surface area (Å²) in [5.41, 5.74) is 7.94. The summed E-state index contributed by atoms with van der Waals surface area (Å²) in [6.07, 6.45) is 3.98. The number of benzene rings is 3. The number of rotatable bonds is 6. The van der Waals surface area contributed by atoms with Crippen molar-refractivity contribution in [2.24, 2.45) is 5.92 Å². The van der Waals surface area contributed by atoms with E-state index in [0.717, 1.165) is 53.8 Å². The van der Waals surface area contributed by atoms with Crippen molar-refractivity contribution in [3.05, 3.63) is 94.0 Å². The van der Waals surface area contributed by atoms with Gasteiger partial charge in [0.1, 0.15) is 0 Å². The fourth-order valence-electron chi connectivity index (χ4n) is 6.44. The number of carbonyl (C=O) groups excluding carboxylic acids is 2. The summed E-state index contributed by atoms with van der Waals surface area (Å²) in [6.45, 7) is 9.93. The molecular weight excluding hydrogens is 510 g/mol. The summed E-state index contributed by atoms with van der Waals surface area (Å²) in [5.74, 6) is -0.109. The number of aryl methyl sites for hydroxylation is 3. The number of fused-ring (bicyclic) bond motifs is 1. The lowest BCUT2D eigenvalue weighted by Gasteiger charge is -2.41. The van der Waals surface area contributed by atoms with Gasteiger partial charge in [0.05, 0.1) is 23.0 Å². The number of likely N-dealkylation sites (tertiary alicyclic amines) is 2. The van der Waals surface area contributed by atoms with Gasteiger partial charge in [-0.15, -0.1) is 0 Å². The number of hydrogen-bond donors (Lipinski definition) is 2. The van der Waals surface area contributed by atoms with Crippen molar-refractivity contribution in [3.63, 3.8) is 0 Å². The molecule has 1 aromatic heterocycles. The third kappa shape index (κ3) is 5.64. The SMILES string of the molecule is Cc1cc2nc(NC(=O)[C@H]3CCCN(C(=O)c4ccccc4C)[C@H]3c3ccc(CN4CCCC4)cc3)[nH]c2cc1C. The summed E-state index contributed by atoms with van der Waals surface area (Å²) in [4.78, 5) is 40.2. The largest absolute Gasteiger partial charge is 0.331 e. The Hall–Kier alpha value is -3.97. The minimum Gasteiger partial charge on any atom is -0.331 e. The Morgan fingerprint density at radius 1 is 0.902 bits per heavy atom. The molecule has 41 heavy (non-hydrogen) atoms. The number of piperidine rings is 1. The van der Waals surface area contributed by atoms with E-state index in [9.17, 15) is 9.59 Å². The minimum atomic E-state index is -0.405. The van der Waals surface area contributed by atoms with Crippen molar-refractivity contribution in [3.8, 4) is 0 Å². The topological polar surface area (TPSA) is 81.3 Å². The standard InChI is InChI=1S/C34H39N5O2/c1-22-9-4-5-10-27(22)33(41)39-18-8-11-28(31(39)26-14-12-25(13-15-26)21-38-16-6-7-17-38)32(40)37-34-35-29-19-23(2)24(3)20-30(29)36-34/h4-5,9-10,12-15,19-20,28,31H,6-8,11,16-18,21H2,1-3H3,(H2,35,36,37,40)/t28-,31-/m0/s1. The molecule has 0 aliphatic carbocycles. The van der Waals surface area contributed by atoms with Gasteiger partial charge >= 0.3 is 0 Å². The third-order valence-electron chi connectivity index (χ3n) is 8.87. The molecule has 6 rings (SSSR count). The Kier molecular flexibility index (Phi) is 7.63. The highest BCUT2D eigenvalue weighted by Gasteiger charge is 2.40. The van der Waals surface area contributed by atoms with Gasteiger partial charge in [0.15, 0.2) is 0 Å². The number of hydrogen-bond acceptors (Lipinski definition) is 4. The molecule has 0 saturated carbocycles. The molecule has 2 aliphatic rings. The van der Waals surface area contributed by atoms with Crippen molar-refractivity contribution in [2.45, 2.75) is 59.0 Å². The first-order valence-corrected chi connectivity index (χ1v) is 14.8. The smallest absolute Gasteiger partial charge is 0.254 e. The van der Waals surface area contributed by atoms with Crippen LogP contribution >= 0.6 is 0 Å². The maximum absolute atomic E-state index is 14.0. The molecule has 212 valence electrons. The zero-order chi connectivity index (χ0) is 28.5. The van der Waals surface area contributed by atoms with Crippen molar-refractivity contribution in [2.75, 3.05) is 25.0 Å². The zero-order valence-electron chi connectivity index (χ0n) is 24.2. The van der Waals surface area contributed by atoms with Gasteiger partial charge in [-0.2, -0.15) is 0 Å². The van der Waals surface area contributed by atoms with Crippen LogP contribution < -0.4 is 5.32 Å². The highest BCUT2D eigenvalue weighted by atomic mass is 16.2. The molecular formula is C34H39N5O2. The molecule has 7 heteroatoms. The first-order chi connectivity index (χ1) is 19.9. The van der Waals surface area contributed by atoms with E-state index in [2.05, 4.69) is 64.4 Å². The van der Waals surface area contributed by atoms with E-state index in [-0.39, 0.29) is 17.9 Å². The zero-order valence-corrected chi connectivity index (χ0v) is 24.2. The maximum atomic E-state index is 14.0. The van der Waals surface area contributed by atoms with Crippen LogP contribution in [-0.2, 0) is 11.3 Å². The summed E-state index contributed by atoms with van der Waals surface area (Å²) in [5, 5.41) is 3.06. The Morgan fingerprint density at radius 3 is 2.39 bits per heavy atom. The van der Waals surface area contributed by atoms with Gasteiger partial charge in [0.2, 0.25) is 11.9 Å². The highest BCUT2D eigenvalue weighted by molar-refractivity contribution is 5.98. The molecule has 2 N–H and O–H groups in total. The van der Waals surface area contributed by atoms with E-state index in [0.29, 0.717) is 24.5 Å². The number of amides is 2. The predicted molar refractivity (Wildman–Crippen MR) is 163 cm³/mol. The fourth-order valence-corrected chi connectivity index (χ4v) is 6.44. The molecule has 0 radical (unpaired) electrons. The van der Waals surface area contributed by atoms with Crippen molar-refractivity contribution >= 4 is 28.8 Å².